The largest absolute Gasteiger partial charge is 0.0842 e. The maximum Gasteiger partial charge on any atom is -0.00825 e. The van der Waals surface area contributed by atoms with E-state index in [0.717, 1.165) is 35.5 Å². The van der Waals surface area contributed by atoms with Crippen LogP contribution in [0.1, 0.15) is 112 Å². The fraction of sp³-hybridized carbons (Fsp3) is 0.926. The number of hydrogen-bond donors (Lipinski definition) is 0. The molecule has 3 fully saturated rings. The van der Waals surface area contributed by atoms with Crippen LogP contribution in [0.3, 0.4) is 0 Å². The summed E-state index contributed by atoms with van der Waals surface area (Å²) in [6.07, 6.45) is 20.6. The lowest BCUT2D eigenvalue weighted by Crippen LogP contribution is -2.52. The molecule has 154 valence electrons. The van der Waals surface area contributed by atoms with Crippen LogP contribution in [0.2, 0.25) is 0 Å². The molecule has 4 rings (SSSR count). The van der Waals surface area contributed by atoms with Crippen LogP contribution >= 0.6 is 0 Å². The fourth-order valence-corrected chi connectivity index (χ4v) is 8.49. The molecule has 4 aliphatic carbocycles. The van der Waals surface area contributed by atoms with Crippen molar-refractivity contribution >= 4 is 0 Å². The van der Waals surface area contributed by atoms with Gasteiger partial charge in [0, 0.05) is 0 Å². The van der Waals surface area contributed by atoms with E-state index in [-0.39, 0.29) is 0 Å². The monoisotopic (exact) mass is 370 g/mol. The van der Waals surface area contributed by atoms with E-state index in [1.54, 1.807) is 19.3 Å². The summed E-state index contributed by atoms with van der Waals surface area (Å²) in [7, 11) is 0. The molecule has 5 unspecified atom stereocenters. The van der Waals surface area contributed by atoms with E-state index in [1.165, 1.54) is 57.8 Å². The summed E-state index contributed by atoms with van der Waals surface area (Å²) in [6.45, 7) is 12.6. The molecule has 0 heterocycles. The van der Waals surface area contributed by atoms with Crippen LogP contribution in [0, 0.1) is 46.3 Å². The first-order chi connectivity index (χ1) is 12.8. The highest BCUT2D eigenvalue weighted by molar-refractivity contribution is 5.26. The normalized spacial score (nSPS) is 46.6. The average Bonchev–Trinajstić information content (AvgIpc) is 3.04. The van der Waals surface area contributed by atoms with Crippen LogP contribution in [0.4, 0.5) is 0 Å². The molecule has 0 spiro atoms. The van der Waals surface area contributed by atoms with Gasteiger partial charge in [0.15, 0.2) is 0 Å². The van der Waals surface area contributed by atoms with Crippen molar-refractivity contribution in [2.45, 2.75) is 112 Å². The molecule has 0 radical (unpaired) electrons. The lowest BCUT2D eigenvalue weighted by atomic mass is 9.44. The van der Waals surface area contributed by atoms with Crippen molar-refractivity contribution in [3.63, 3.8) is 0 Å². The highest BCUT2D eigenvalue weighted by Crippen LogP contribution is 2.68. The molecule has 0 nitrogen and oxygen atoms in total. The van der Waals surface area contributed by atoms with Gasteiger partial charge in [-0.2, -0.15) is 0 Å². The summed E-state index contributed by atoms with van der Waals surface area (Å²) in [6, 6.07) is 0. The first-order valence-corrected chi connectivity index (χ1v) is 12.5. The molecule has 0 amide bonds. The van der Waals surface area contributed by atoms with E-state index >= 15 is 0 Å². The minimum Gasteiger partial charge on any atom is -0.0842 e. The molecule has 27 heavy (non-hydrogen) atoms. The highest BCUT2D eigenvalue weighted by Gasteiger charge is 2.59. The zero-order valence-corrected chi connectivity index (χ0v) is 19.0. The van der Waals surface area contributed by atoms with Crippen LogP contribution in [0.15, 0.2) is 11.6 Å². The molecule has 0 aromatic heterocycles. The van der Waals surface area contributed by atoms with Crippen molar-refractivity contribution in [3.8, 4) is 0 Å². The van der Waals surface area contributed by atoms with Gasteiger partial charge in [-0.1, -0.05) is 72.0 Å². The van der Waals surface area contributed by atoms with Gasteiger partial charge in [-0.15, -0.1) is 0 Å². The highest BCUT2D eigenvalue weighted by atomic mass is 14.6. The number of fused-ring (bicyclic) bond motifs is 5. The molecule has 0 heteroatoms. The Morgan fingerprint density at radius 1 is 1.04 bits per heavy atom. The maximum atomic E-state index is 2.75. The quantitative estimate of drug-likeness (QED) is 0.336. The summed E-state index contributed by atoms with van der Waals surface area (Å²) >= 11 is 0. The topological polar surface area (TPSA) is 0 Å². The smallest absolute Gasteiger partial charge is 0.00825 e. The molecule has 0 aromatic rings. The standard InChI is InChI=1S/C27H46/c1-19(2)8-6-7-9-21-10-12-24-23(21)11-13-25-26(4)16-14-20(3)18-22(26)15-17-27(24,25)5/h15,19-21,23-25H,6-14,16-18H2,1-5H3/t20?,21-,23?,24?,25?,26-,27?/m0/s1. The van der Waals surface area contributed by atoms with E-state index in [9.17, 15) is 0 Å². The Hall–Kier alpha value is -0.260. The Morgan fingerprint density at radius 2 is 1.85 bits per heavy atom. The minimum absolute atomic E-state index is 0.541. The lowest BCUT2D eigenvalue weighted by molar-refractivity contribution is -0.0695. The Balaban J connectivity index is 1.46. The Labute approximate surface area is 170 Å². The van der Waals surface area contributed by atoms with Crippen LogP contribution in [-0.2, 0) is 0 Å². The van der Waals surface area contributed by atoms with Crippen molar-refractivity contribution in [2.24, 2.45) is 46.3 Å². The SMILES string of the molecule is CC(C)CCCC[C@H]1CCC2C1CCC1C2(C)CC=C2CC(C)CC[C@@]21C. The van der Waals surface area contributed by atoms with Gasteiger partial charge in [-0.3, -0.25) is 0 Å². The molecule has 0 aromatic carbocycles. The van der Waals surface area contributed by atoms with Gasteiger partial charge in [0.1, 0.15) is 0 Å². The number of hydrogen-bond acceptors (Lipinski definition) is 0. The second-order valence-electron chi connectivity index (χ2n) is 12.1. The van der Waals surface area contributed by atoms with Gasteiger partial charge in [0.2, 0.25) is 0 Å². The summed E-state index contributed by atoms with van der Waals surface area (Å²) in [5, 5.41) is 0. The third kappa shape index (κ3) is 3.46. The zero-order chi connectivity index (χ0) is 19.2. The molecular weight excluding hydrogens is 324 g/mol. The van der Waals surface area contributed by atoms with Crippen LogP contribution < -0.4 is 0 Å². The fourth-order valence-electron chi connectivity index (χ4n) is 8.49. The lowest BCUT2D eigenvalue weighted by Gasteiger charge is -2.61. The van der Waals surface area contributed by atoms with Gasteiger partial charge >= 0.3 is 0 Å². The van der Waals surface area contributed by atoms with Gasteiger partial charge in [0.25, 0.3) is 0 Å². The van der Waals surface area contributed by atoms with Crippen molar-refractivity contribution in [2.75, 3.05) is 0 Å². The third-order valence-corrected chi connectivity index (χ3v) is 10.0. The Kier molecular flexibility index (Phi) is 5.59. The van der Waals surface area contributed by atoms with E-state index in [4.69, 9.17) is 0 Å². The number of allylic oxidation sites excluding steroid dienone is 2. The molecule has 0 saturated heterocycles. The minimum atomic E-state index is 0.541. The summed E-state index contributed by atoms with van der Waals surface area (Å²) in [5.74, 6) is 5.93. The summed E-state index contributed by atoms with van der Waals surface area (Å²) in [5.41, 5.74) is 3.01. The van der Waals surface area contributed by atoms with Crippen LogP contribution in [0.5, 0.6) is 0 Å². The van der Waals surface area contributed by atoms with Crippen molar-refractivity contribution < 1.29 is 0 Å². The molecular formula is C27H46. The maximum absolute atomic E-state index is 2.75. The summed E-state index contributed by atoms with van der Waals surface area (Å²) in [4.78, 5) is 0. The second-order valence-corrected chi connectivity index (χ2v) is 12.1. The molecule has 0 aliphatic heterocycles. The first kappa shape index (κ1) is 20.0. The van der Waals surface area contributed by atoms with Crippen molar-refractivity contribution in [1.82, 2.24) is 0 Å². The third-order valence-electron chi connectivity index (χ3n) is 10.0. The summed E-state index contributed by atoms with van der Waals surface area (Å²) < 4.78 is 0. The van der Waals surface area contributed by atoms with Gasteiger partial charge in [0.05, 0.1) is 0 Å². The number of rotatable bonds is 5. The van der Waals surface area contributed by atoms with E-state index in [2.05, 4.69) is 40.7 Å². The molecule has 4 aliphatic rings. The van der Waals surface area contributed by atoms with Gasteiger partial charge in [-0.05, 0) is 97.7 Å². The van der Waals surface area contributed by atoms with Crippen molar-refractivity contribution in [1.29, 1.82) is 0 Å². The molecule has 3 saturated carbocycles. The Bertz CT molecular complexity index is 556. The van der Waals surface area contributed by atoms with E-state index in [0.29, 0.717) is 10.8 Å². The average molecular weight is 371 g/mol. The zero-order valence-electron chi connectivity index (χ0n) is 19.0. The number of unbranched alkanes of at least 4 members (excludes halogenated alkanes) is 1. The van der Waals surface area contributed by atoms with E-state index in [1.807, 2.05) is 5.57 Å². The second kappa shape index (κ2) is 7.53. The predicted octanol–water partition coefficient (Wildman–Crippen LogP) is 8.42. The predicted molar refractivity (Wildman–Crippen MR) is 118 cm³/mol. The molecule has 0 N–H and O–H groups in total. The van der Waals surface area contributed by atoms with Crippen molar-refractivity contribution in [3.05, 3.63) is 11.6 Å². The Morgan fingerprint density at radius 3 is 2.63 bits per heavy atom. The van der Waals surface area contributed by atoms with E-state index < -0.39 is 0 Å². The van der Waals surface area contributed by atoms with Crippen LogP contribution in [0.25, 0.3) is 0 Å². The van der Waals surface area contributed by atoms with Crippen LogP contribution in [-0.4, -0.2) is 0 Å². The molecule has 7 atom stereocenters. The van der Waals surface area contributed by atoms with Gasteiger partial charge in [-0.25, -0.2) is 0 Å². The molecule has 0 bridgehead atoms. The first-order valence-electron chi connectivity index (χ1n) is 12.5. The van der Waals surface area contributed by atoms with Gasteiger partial charge < -0.3 is 0 Å².